The van der Waals surface area contributed by atoms with Crippen molar-refractivity contribution >= 4 is 5.78 Å². The maximum Gasteiger partial charge on any atom is 0.233 e. The fourth-order valence-electron chi connectivity index (χ4n) is 3.18. The minimum Gasteiger partial charge on any atom is -0.313 e. The number of aromatic nitrogens is 3. The molecular weight excluding hydrogens is 250 g/mol. The molecule has 1 saturated carbocycles. The fraction of sp³-hybridized carbons (Fsp3) is 0.600. The normalized spacial score (nSPS) is 22.9. The second-order valence-corrected chi connectivity index (χ2v) is 5.99. The molecule has 0 spiro atoms. The molecule has 5 heteroatoms. The highest BCUT2D eigenvalue weighted by molar-refractivity contribution is 5.30. The summed E-state index contributed by atoms with van der Waals surface area (Å²) in [4.78, 5) is 11.3. The Balaban J connectivity index is 1.52. The summed E-state index contributed by atoms with van der Waals surface area (Å²) in [7, 11) is 0. The molecule has 3 heterocycles. The maximum atomic E-state index is 4.39. The molecule has 2 aromatic heterocycles. The molecule has 1 N–H and O–H groups in total. The molecule has 2 aliphatic rings. The van der Waals surface area contributed by atoms with Crippen molar-refractivity contribution < 1.29 is 0 Å². The Morgan fingerprint density at radius 1 is 1.30 bits per heavy atom. The summed E-state index contributed by atoms with van der Waals surface area (Å²) in [6.07, 6.45) is 11.2. The van der Waals surface area contributed by atoms with E-state index in [0.29, 0.717) is 6.04 Å². The molecule has 0 unspecified atom stereocenters. The van der Waals surface area contributed by atoms with E-state index in [9.17, 15) is 0 Å². The van der Waals surface area contributed by atoms with E-state index >= 15 is 0 Å². The molecule has 2 fully saturated rings. The van der Waals surface area contributed by atoms with E-state index in [0.717, 1.165) is 24.9 Å². The molecule has 1 aliphatic heterocycles. The standard InChI is InChI=1S/C15H21N5/c1-3-12(16-6-1)10-19(13-4-5-13)11-14-9-18-15-17-7-2-8-20(14)15/h2,7-9,12-13,16H,1,3-6,10-11H2/t12-/m0/s1. The van der Waals surface area contributed by atoms with Crippen LogP contribution in [0.4, 0.5) is 0 Å². The van der Waals surface area contributed by atoms with E-state index in [1.165, 1.54) is 37.9 Å². The first kappa shape index (κ1) is 12.3. The van der Waals surface area contributed by atoms with Crippen LogP contribution >= 0.6 is 0 Å². The lowest BCUT2D eigenvalue weighted by Gasteiger charge is -2.25. The van der Waals surface area contributed by atoms with Gasteiger partial charge in [-0.05, 0) is 38.3 Å². The topological polar surface area (TPSA) is 45.5 Å². The van der Waals surface area contributed by atoms with Gasteiger partial charge in [-0.1, -0.05) is 0 Å². The quantitative estimate of drug-likeness (QED) is 0.894. The Bertz CT molecular complexity index is 583. The smallest absolute Gasteiger partial charge is 0.233 e. The lowest BCUT2D eigenvalue weighted by Crippen LogP contribution is -2.38. The maximum absolute atomic E-state index is 4.39. The molecule has 4 rings (SSSR count). The second-order valence-electron chi connectivity index (χ2n) is 5.99. The number of rotatable bonds is 5. The molecule has 0 bridgehead atoms. The van der Waals surface area contributed by atoms with Crippen molar-refractivity contribution in [1.82, 2.24) is 24.6 Å². The molecule has 0 radical (unpaired) electrons. The van der Waals surface area contributed by atoms with Gasteiger partial charge in [0.15, 0.2) is 0 Å². The predicted octanol–water partition coefficient (Wildman–Crippen LogP) is 1.45. The molecule has 2 aromatic rings. The van der Waals surface area contributed by atoms with Gasteiger partial charge in [0.05, 0.1) is 11.9 Å². The van der Waals surface area contributed by atoms with Crippen LogP contribution < -0.4 is 5.32 Å². The highest BCUT2D eigenvalue weighted by Crippen LogP contribution is 2.29. The molecule has 0 aromatic carbocycles. The van der Waals surface area contributed by atoms with Gasteiger partial charge < -0.3 is 5.32 Å². The highest BCUT2D eigenvalue weighted by Gasteiger charge is 2.31. The van der Waals surface area contributed by atoms with Crippen molar-refractivity contribution in [3.05, 3.63) is 30.4 Å². The average molecular weight is 271 g/mol. The van der Waals surface area contributed by atoms with Crippen LogP contribution in [-0.2, 0) is 6.54 Å². The van der Waals surface area contributed by atoms with Crippen LogP contribution in [0.25, 0.3) is 5.78 Å². The van der Waals surface area contributed by atoms with E-state index in [1.807, 2.05) is 12.3 Å². The SMILES string of the molecule is c1cnc2ncc(CN(C[C@@H]3CCCN3)C3CC3)n2c1. The largest absolute Gasteiger partial charge is 0.313 e. The van der Waals surface area contributed by atoms with Crippen LogP contribution in [0.5, 0.6) is 0 Å². The van der Waals surface area contributed by atoms with Gasteiger partial charge in [-0.25, -0.2) is 9.97 Å². The Labute approximate surface area is 119 Å². The minimum atomic E-state index is 0.674. The third-order valence-corrected chi connectivity index (χ3v) is 4.41. The van der Waals surface area contributed by atoms with Crippen LogP contribution in [0.1, 0.15) is 31.4 Å². The molecule has 106 valence electrons. The monoisotopic (exact) mass is 271 g/mol. The zero-order valence-electron chi connectivity index (χ0n) is 11.7. The predicted molar refractivity (Wildman–Crippen MR) is 77.4 cm³/mol. The molecule has 1 saturated heterocycles. The van der Waals surface area contributed by atoms with E-state index in [-0.39, 0.29) is 0 Å². The number of hydrogen-bond donors (Lipinski definition) is 1. The van der Waals surface area contributed by atoms with Crippen molar-refractivity contribution in [3.8, 4) is 0 Å². The van der Waals surface area contributed by atoms with E-state index in [4.69, 9.17) is 0 Å². The van der Waals surface area contributed by atoms with Gasteiger partial charge in [0.25, 0.3) is 0 Å². The second kappa shape index (κ2) is 5.14. The van der Waals surface area contributed by atoms with Crippen molar-refractivity contribution in [2.24, 2.45) is 0 Å². The Morgan fingerprint density at radius 3 is 3.05 bits per heavy atom. The van der Waals surface area contributed by atoms with Crippen LogP contribution in [0, 0.1) is 0 Å². The first-order chi connectivity index (χ1) is 9.90. The number of imidazole rings is 1. The van der Waals surface area contributed by atoms with Crippen molar-refractivity contribution in [2.75, 3.05) is 13.1 Å². The van der Waals surface area contributed by atoms with Crippen molar-refractivity contribution in [1.29, 1.82) is 0 Å². The molecule has 1 atom stereocenters. The average Bonchev–Trinajstić information content (AvgIpc) is 3.05. The molecule has 0 amide bonds. The van der Waals surface area contributed by atoms with Gasteiger partial charge in [0, 0.05) is 37.6 Å². The zero-order chi connectivity index (χ0) is 13.4. The summed E-state index contributed by atoms with van der Waals surface area (Å²) in [6.45, 7) is 3.33. The highest BCUT2D eigenvalue weighted by atomic mass is 15.2. The third kappa shape index (κ3) is 2.43. The van der Waals surface area contributed by atoms with Crippen LogP contribution in [0.15, 0.2) is 24.7 Å². The first-order valence-corrected chi connectivity index (χ1v) is 7.64. The Morgan fingerprint density at radius 2 is 2.25 bits per heavy atom. The number of fused-ring (bicyclic) bond motifs is 1. The summed E-state index contributed by atoms with van der Waals surface area (Å²) in [5, 5.41) is 3.61. The molecule has 5 nitrogen and oxygen atoms in total. The van der Waals surface area contributed by atoms with Crippen molar-refractivity contribution in [2.45, 2.75) is 44.3 Å². The summed E-state index contributed by atoms with van der Waals surface area (Å²) >= 11 is 0. The summed E-state index contributed by atoms with van der Waals surface area (Å²) in [5.74, 6) is 0.803. The summed E-state index contributed by atoms with van der Waals surface area (Å²) in [6, 6.07) is 3.42. The Hall–Kier alpha value is -1.46. The van der Waals surface area contributed by atoms with Gasteiger partial charge in [0.1, 0.15) is 0 Å². The lowest BCUT2D eigenvalue weighted by atomic mass is 10.2. The van der Waals surface area contributed by atoms with Crippen LogP contribution in [0.3, 0.4) is 0 Å². The van der Waals surface area contributed by atoms with E-state index < -0.39 is 0 Å². The number of nitrogens with one attached hydrogen (secondary N) is 1. The third-order valence-electron chi connectivity index (χ3n) is 4.41. The fourth-order valence-corrected chi connectivity index (χ4v) is 3.18. The number of hydrogen-bond acceptors (Lipinski definition) is 4. The van der Waals surface area contributed by atoms with Gasteiger partial charge in [-0.15, -0.1) is 0 Å². The van der Waals surface area contributed by atoms with Gasteiger partial charge in [-0.2, -0.15) is 0 Å². The van der Waals surface area contributed by atoms with Crippen LogP contribution in [-0.4, -0.2) is 44.4 Å². The van der Waals surface area contributed by atoms with Crippen LogP contribution in [0.2, 0.25) is 0 Å². The van der Waals surface area contributed by atoms with Gasteiger partial charge >= 0.3 is 0 Å². The zero-order valence-corrected chi connectivity index (χ0v) is 11.7. The molecule has 20 heavy (non-hydrogen) atoms. The molecule has 1 aliphatic carbocycles. The van der Waals surface area contributed by atoms with Gasteiger partial charge in [-0.3, -0.25) is 9.30 Å². The minimum absolute atomic E-state index is 0.674. The van der Waals surface area contributed by atoms with E-state index in [2.05, 4.69) is 30.8 Å². The van der Waals surface area contributed by atoms with Crippen molar-refractivity contribution in [3.63, 3.8) is 0 Å². The van der Waals surface area contributed by atoms with Gasteiger partial charge in [0.2, 0.25) is 5.78 Å². The summed E-state index contributed by atoms with van der Waals surface area (Å²) < 4.78 is 2.11. The molecular formula is C15H21N5. The lowest BCUT2D eigenvalue weighted by molar-refractivity contribution is 0.228. The summed E-state index contributed by atoms with van der Waals surface area (Å²) in [5.41, 5.74) is 1.25. The van der Waals surface area contributed by atoms with E-state index in [1.54, 1.807) is 6.20 Å². The first-order valence-electron chi connectivity index (χ1n) is 7.64. The Kier molecular flexibility index (Phi) is 3.16. The number of nitrogens with zero attached hydrogens (tertiary/aromatic N) is 4.